The molecule has 2 rings (SSSR count). The van der Waals surface area contributed by atoms with Crippen LogP contribution in [0.2, 0.25) is 0 Å². The molecule has 3 N–H and O–H groups in total. The fraction of sp³-hybridized carbons (Fsp3) is 0.571. The third-order valence-electron chi connectivity index (χ3n) is 4.02. The zero-order valence-electron chi connectivity index (χ0n) is 11.9. The van der Waals surface area contributed by atoms with Gasteiger partial charge < -0.3 is 11.1 Å². The second-order valence-corrected chi connectivity index (χ2v) is 6.30. The second kappa shape index (κ2) is 5.84. The Hall–Kier alpha value is -1.20. The van der Waals surface area contributed by atoms with Crippen LogP contribution < -0.4 is 11.1 Å². The highest BCUT2D eigenvalue weighted by molar-refractivity contribution is 7.18. The fourth-order valence-electron chi connectivity index (χ4n) is 2.25. The van der Waals surface area contributed by atoms with Gasteiger partial charge in [-0.3, -0.25) is 0 Å². The minimum atomic E-state index is 0.155. The van der Waals surface area contributed by atoms with Crippen molar-refractivity contribution in [1.82, 2.24) is 9.97 Å². The summed E-state index contributed by atoms with van der Waals surface area (Å²) in [6.45, 7) is 8.05. The lowest BCUT2D eigenvalue weighted by Gasteiger charge is -2.30. The highest BCUT2D eigenvalue weighted by Crippen LogP contribution is 2.30. The molecule has 0 saturated carbocycles. The maximum absolute atomic E-state index is 5.94. The molecule has 0 aliphatic rings. The van der Waals surface area contributed by atoms with Gasteiger partial charge in [-0.2, -0.15) is 0 Å². The molecule has 0 radical (unpaired) electrons. The minimum Gasteiger partial charge on any atom is -0.369 e. The lowest BCUT2D eigenvalue weighted by Crippen LogP contribution is -2.36. The van der Waals surface area contributed by atoms with Crippen LogP contribution in [0.1, 0.15) is 31.6 Å². The molecule has 0 spiro atoms. The van der Waals surface area contributed by atoms with Crippen molar-refractivity contribution in [3.8, 4) is 0 Å². The summed E-state index contributed by atoms with van der Waals surface area (Å²) in [5.41, 5.74) is 6.09. The zero-order valence-corrected chi connectivity index (χ0v) is 12.7. The summed E-state index contributed by atoms with van der Waals surface area (Å²) in [7, 11) is 0. The first-order chi connectivity index (χ1) is 9.14. The monoisotopic (exact) mass is 278 g/mol. The Kier molecular flexibility index (Phi) is 4.37. The molecule has 19 heavy (non-hydrogen) atoms. The van der Waals surface area contributed by atoms with Crippen LogP contribution in [0.3, 0.4) is 0 Å². The maximum Gasteiger partial charge on any atom is 0.138 e. The van der Waals surface area contributed by atoms with Crippen LogP contribution in [0.4, 0.5) is 5.82 Å². The summed E-state index contributed by atoms with van der Waals surface area (Å²) in [6.07, 6.45) is 3.77. The topological polar surface area (TPSA) is 63.8 Å². The van der Waals surface area contributed by atoms with E-state index in [4.69, 9.17) is 5.73 Å². The van der Waals surface area contributed by atoms with Crippen molar-refractivity contribution in [1.29, 1.82) is 0 Å². The number of nitrogens with one attached hydrogen (secondary N) is 1. The van der Waals surface area contributed by atoms with E-state index in [0.717, 1.165) is 35.4 Å². The van der Waals surface area contributed by atoms with Crippen molar-refractivity contribution in [3.63, 3.8) is 0 Å². The Labute approximate surface area is 118 Å². The standard InChI is InChI=1S/C14H22N4S/c1-4-14(5-2,7-15)8-16-12-11-6-10(3)19-13(11)18-9-17-12/h6,9H,4-5,7-8,15H2,1-3H3,(H,16,17,18). The summed E-state index contributed by atoms with van der Waals surface area (Å²) < 4.78 is 0. The van der Waals surface area contributed by atoms with Crippen molar-refractivity contribution < 1.29 is 0 Å². The molecule has 0 aromatic carbocycles. The predicted molar refractivity (Wildman–Crippen MR) is 82.7 cm³/mol. The molecule has 0 saturated heterocycles. The summed E-state index contributed by atoms with van der Waals surface area (Å²) in [5, 5.41) is 4.58. The molecule has 2 aromatic heterocycles. The lowest BCUT2D eigenvalue weighted by atomic mass is 9.82. The Morgan fingerprint density at radius 3 is 2.68 bits per heavy atom. The summed E-state index contributed by atoms with van der Waals surface area (Å²) >= 11 is 1.70. The third kappa shape index (κ3) is 2.87. The fourth-order valence-corrected chi connectivity index (χ4v) is 3.10. The van der Waals surface area contributed by atoms with Crippen LogP contribution in [-0.4, -0.2) is 23.1 Å². The number of anilines is 1. The van der Waals surface area contributed by atoms with E-state index in [2.05, 4.69) is 42.1 Å². The number of aromatic nitrogens is 2. The molecule has 0 aliphatic heterocycles. The molecule has 0 bridgehead atoms. The normalized spacial score (nSPS) is 12.0. The first-order valence-corrected chi connectivity index (χ1v) is 7.61. The zero-order chi connectivity index (χ0) is 13.9. The number of aryl methyl sites for hydroxylation is 1. The van der Waals surface area contributed by atoms with Crippen molar-refractivity contribution in [2.24, 2.45) is 11.1 Å². The summed E-state index contributed by atoms with van der Waals surface area (Å²) in [5.74, 6) is 0.925. The van der Waals surface area contributed by atoms with Gasteiger partial charge in [-0.05, 0) is 37.8 Å². The highest BCUT2D eigenvalue weighted by Gasteiger charge is 2.24. The largest absolute Gasteiger partial charge is 0.369 e. The van der Waals surface area contributed by atoms with Gasteiger partial charge in [0.05, 0.1) is 5.39 Å². The molecule has 0 unspecified atom stereocenters. The Morgan fingerprint density at radius 1 is 1.32 bits per heavy atom. The second-order valence-electron chi connectivity index (χ2n) is 5.06. The van der Waals surface area contributed by atoms with Crippen molar-refractivity contribution >= 4 is 27.4 Å². The van der Waals surface area contributed by atoms with E-state index in [9.17, 15) is 0 Å². The van der Waals surface area contributed by atoms with Crippen LogP contribution in [-0.2, 0) is 0 Å². The van der Waals surface area contributed by atoms with E-state index < -0.39 is 0 Å². The number of fused-ring (bicyclic) bond motifs is 1. The molecular formula is C14H22N4S. The molecule has 0 atom stereocenters. The van der Waals surface area contributed by atoms with Gasteiger partial charge in [-0.1, -0.05) is 13.8 Å². The molecule has 5 heteroatoms. The van der Waals surface area contributed by atoms with E-state index in [1.54, 1.807) is 17.7 Å². The van der Waals surface area contributed by atoms with Gasteiger partial charge in [0.25, 0.3) is 0 Å². The maximum atomic E-state index is 5.94. The molecule has 2 heterocycles. The number of nitrogens with two attached hydrogens (primary N) is 1. The van der Waals surface area contributed by atoms with E-state index in [1.807, 2.05) is 0 Å². The predicted octanol–water partition coefficient (Wildman–Crippen LogP) is 3.18. The minimum absolute atomic E-state index is 0.155. The van der Waals surface area contributed by atoms with Crippen molar-refractivity contribution in [3.05, 3.63) is 17.3 Å². The molecule has 0 amide bonds. The number of rotatable bonds is 6. The number of nitrogens with zero attached hydrogens (tertiary/aromatic N) is 2. The van der Waals surface area contributed by atoms with E-state index in [-0.39, 0.29) is 5.41 Å². The van der Waals surface area contributed by atoms with Gasteiger partial charge in [-0.15, -0.1) is 11.3 Å². The van der Waals surface area contributed by atoms with Gasteiger partial charge in [0.2, 0.25) is 0 Å². The molecule has 2 aromatic rings. The van der Waals surface area contributed by atoms with E-state index >= 15 is 0 Å². The quantitative estimate of drug-likeness (QED) is 0.852. The molecule has 0 fully saturated rings. The third-order valence-corrected chi connectivity index (χ3v) is 4.97. The number of thiophene rings is 1. The lowest BCUT2D eigenvalue weighted by molar-refractivity contribution is 0.294. The molecular weight excluding hydrogens is 256 g/mol. The summed E-state index contributed by atoms with van der Waals surface area (Å²) in [4.78, 5) is 11.0. The van der Waals surface area contributed by atoms with Gasteiger partial charge >= 0.3 is 0 Å². The van der Waals surface area contributed by atoms with E-state index in [1.165, 1.54) is 4.88 Å². The first-order valence-electron chi connectivity index (χ1n) is 6.79. The van der Waals surface area contributed by atoms with Crippen molar-refractivity contribution in [2.75, 3.05) is 18.4 Å². The van der Waals surface area contributed by atoms with Crippen molar-refractivity contribution in [2.45, 2.75) is 33.6 Å². The van der Waals surface area contributed by atoms with Crippen LogP contribution in [0.5, 0.6) is 0 Å². The van der Waals surface area contributed by atoms with Crippen LogP contribution in [0, 0.1) is 12.3 Å². The van der Waals surface area contributed by atoms with Crippen LogP contribution in [0.15, 0.2) is 12.4 Å². The number of hydrogen-bond acceptors (Lipinski definition) is 5. The Bertz CT molecular complexity index is 537. The van der Waals surface area contributed by atoms with Gasteiger partial charge in [0, 0.05) is 11.4 Å². The van der Waals surface area contributed by atoms with Gasteiger partial charge in [-0.25, -0.2) is 9.97 Å². The van der Waals surface area contributed by atoms with Crippen LogP contribution >= 0.6 is 11.3 Å². The van der Waals surface area contributed by atoms with Gasteiger partial charge in [0.1, 0.15) is 17.0 Å². The average molecular weight is 278 g/mol. The highest BCUT2D eigenvalue weighted by atomic mass is 32.1. The number of hydrogen-bond donors (Lipinski definition) is 2. The van der Waals surface area contributed by atoms with E-state index in [0.29, 0.717) is 6.54 Å². The van der Waals surface area contributed by atoms with Crippen LogP contribution in [0.25, 0.3) is 10.2 Å². The molecule has 104 valence electrons. The Balaban J connectivity index is 2.22. The molecule has 4 nitrogen and oxygen atoms in total. The molecule has 0 aliphatic carbocycles. The van der Waals surface area contributed by atoms with Gasteiger partial charge in [0.15, 0.2) is 0 Å². The first kappa shape index (κ1) is 14.2. The average Bonchev–Trinajstić information content (AvgIpc) is 2.82. The summed E-state index contributed by atoms with van der Waals surface area (Å²) in [6, 6.07) is 2.14. The smallest absolute Gasteiger partial charge is 0.138 e. The SMILES string of the molecule is CCC(CC)(CN)CNc1ncnc2sc(C)cc12. The Morgan fingerprint density at radius 2 is 2.05 bits per heavy atom.